The Morgan fingerprint density at radius 2 is 0.837 bits per heavy atom. The van der Waals surface area contributed by atoms with Gasteiger partial charge in [-0.1, -0.05) is 117 Å². The van der Waals surface area contributed by atoms with Gasteiger partial charge in [0.2, 0.25) is 0 Å². The molecule has 9 aromatic rings. The number of aromatic hydroxyl groups is 1. The third-order valence-electron chi connectivity index (χ3n) is 9.23. The molecule has 0 bridgehead atoms. The summed E-state index contributed by atoms with van der Waals surface area (Å²) in [5, 5.41) is 29.8. The number of aryl methyl sites for hydroxylation is 2. The van der Waals surface area contributed by atoms with Crippen LogP contribution in [0.25, 0.3) is 88.0 Å². The maximum atomic E-state index is 10.9. The number of nitrogens with zero attached hydrogens (tertiary/aromatic N) is 3. The zero-order valence-corrected chi connectivity index (χ0v) is 28.3. The van der Waals surface area contributed by atoms with Crippen molar-refractivity contribution in [2.75, 3.05) is 7.11 Å². The van der Waals surface area contributed by atoms with E-state index in [4.69, 9.17) is 20.1 Å². The number of hydrogen-bond acceptors (Lipinski definition) is 5. The highest BCUT2D eigenvalue weighted by Gasteiger charge is 2.20. The summed E-state index contributed by atoms with van der Waals surface area (Å²) in [7, 11) is 1.00. The molecule has 0 fully saturated rings. The van der Waals surface area contributed by atoms with Crippen molar-refractivity contribution in [1.29, 1.82) is 0 Å². The van der Waals surface area contributed by atoms with Gasteiger partial charge in [0.15, 0.2) is 17.5 Å². The predicted octanol–water partition coefficient (Wildman–Crippen LogP) is 11.0. The Morgan fingerprint density at radius 1 is 0.388 bits per heavy atom. The van der Waals surface area contributed by atoms with Gasteiger partial charge in [-0.15, -0.1) is 0 Å². The molecule has 49 heavy (non-hydrogen) atoms. The van der Waals surface area contributed by atoms with Gasteiger partial charge in [-0.2, -0.15) is 0 Å². The Kier molecular flexibility index (Phi) is 8.37. The molecule has 0 saturated heterocycles. The molecule has 9 rings (SSSR count). The number of para-hydroxylation sites is 1. The molecule has 0 aliphatic rings. The molecule has 5 nitrogen and oxygen atoms in total. The SMILES string of the molecule is CC.CO.Cc1cccc2ccc3c(-c4nc(-c5ccccc5O)nc(-c5ccc6ccc7cccc8ccc5c6c78)n4)ccc(C)c3c12. The first-order valence-electron chi connectivity index (χ1n) is 16.6. The van der Waals surface area contributed by atoms with E-state index in [0.29, 0.717) is 23.0 Å². The molecule has 0 spiro atoms. The van der Waals surface area contributed by atoms with E-state index in [1.54, 1.807) is 6.07 Å². The molecule has 0 aliphatic heterocycles. The standard InChI is InChI=1S/C41H27N3O.C2H6.CH4O/c1-23-7-5-8-25-16-20-29-31(19-13-24(2)36(29)35(23)25)39-42-40(44-41(43-39)33-11-3-4-12-34(33)45)32-22-18-28-15-14-26-9-6-10-27-17-21-30(32)38(28)37(26)27;2*1-2/h3-22,45H,1-2H3;1-2H3;2H,1H3. The van der Waals surface area contributed by atoms with Gasteiger partial charge in [0.05, 0.1) is 5.56 Å². The average molecular weight is 640 g/mol. The lowest BCUT2D eigenvalue weighted by Crippen LogP contribution is -2.01. The molecule has 1 heterocycles. The molecule has 0 atom stereocenters. The van der Waals surface area contributed by atoms with Gasteiger partial charge in [-0.05, 0) is 97.0 Å². The Morgan fingerprint density at radius 3 is 1.47 bits per heavy atom. The van der Waals surface area contributed by atoms with Gasteiger partial charge in [0.25, 0.3) is 0 Å². The van der Waals surface area contributed by atoms with E-state index in [9.17, 15) is 5.11 Å². The van der Waals surface area contributed by atoms with Gasteiger partial charge >= 0.3 is 0 Å². The molecular formula is C44H37N3O2. The van der Waals surface area contributed by atoms with Crippen LogP contribution in [0.4, 0.5) is 0 Å². The molecule has 8 aromatic carbocycles. The number of phenols is 1. The topological polar surface area (TPSA) is 79.1 Å². The van der Waals surface area contributed by atoms with E-state index in [1.165, 1.54) is 54.2 Å². The highest BCUT2D eigenvalue weighted by molar-refractivity contribution is 6.25. The van der Waals surface area contributed by atoms with E-state index in [1.807, 2.05) is 32.0 Å². The summed E-state index contributed by atoms with van der Waals surface area (Å²) >= 11 is 0. The lowest BCUT2D eigenvalue weighted by atomic mass is 9.91. The lowest BCUT2D eigenvalue weighted by Gasteiger charge is -2.16. The fraction of sp³-hybridized carbons (Fsp3) is 0.114. The minimum absolute atomic E-state index is 0.131. The van der Waals surface area contributed by atoms with Crippen molar-refractivity contribution in [3.8, 4) is 39.9 Å². The van der Waals surface area contributed by atoms with Crippen molar-refractivity contribution in [3.63, 3.8) is 0 Å². The first-order chi connectivity index (χ1) is 24.0. The molecule has 2 N–H and O–H groups in total. The molecule has 0 unspecified atom stereocenters. The van der Waals surface area contributed by atoms with Gasteiger partial charge in [-0.25, -0.2) is 15.0 Å². The third kappa shape index (κ3) is 5.20. The number of aromatic nitrogens is 3. The van der Waals surface area contributed by atoms with Crippen molar-refractivity contribution in [3.05, 3.63) is 132 Å². The number of phenolic OH excluding ortho intramolecular Hbond substituents is 1. The Hall–Kier alpha value is -5.91. The van der Waals surface area contributed by atoms with Crippen molar-refractivity contribution in [1.82, 2.24) is 15.0 Å². The van der Waals surface area contributed by atoms with Crippen LogP contribution >= 0.6 is 0 Å². The Balaban J connectivity index is 0.000000914. The second-order valence-corrected chi connectivity index (χ2v) is 11.9. The normalized spacial score (nSPS) is 11.1. The highest BCUT2D eigenvalue weighted by Crippen LogP contribution is 2.41. The molecule has 0 saturated carbocycles. The van der Waals surface area contributed by atoms with E-state index >= 15 is 0 Å². The molecule has 1 aromatic heterocycles. The summed E-state index contributed by atoms with van der Waals surface area (Å²) in [6.45, 7) is 8.33. The first kappa shape index (κ1) is 31.7. The molecule has 0 amide bonds. The van der Waals surface area contributed by atoms with Crippen LogP contribution in [-0.4, -0.2) is 32.3 Å². The number of benzene rings is 8. The molecule has 0 aliphatic carbocycles. The fourth-order valence-corrected chi connectivity index (χ4v) is 7.10. The highest BCUT2D eigenvalue weighted by atomic mass is 16.3. The van der Waals surface area contributed by atoms with Crippen LogP contribution in [0.1, 0.15) is 25.0 Å². The largest absolute Gasteiger partial charge is 0.507 e. The van der Waals surface area contributed by atoms with E-state index in [-0.39, 0.29) is 5.75 Å². The summed E-state index contributed by atoms with van der Waals surface area (Å²) in [5.74, 6) is 1.71. The minimum Gasteiger partial charge on any atom is -0.507 e. The maximum absolute atomic E-state index is 10.9. The van der Waals surface area contributed by atoms with Crippen LogP contribution < -0.4 is 0 Å². The molecular weight excluding hydrogens is 603 g/mol. The van der Waals surface area contributed by atoms with Gasteiger partial charge in [0.1, 0.15) is 5.75 Å². The maximum Gasteiger partial charge on any atom is 0.167 e. The van der Waals surface area contributed by atoms with Gasteiger partial charge in [0, 0.05) is 18.2 Å². The average Bonchev–Trinajstić information content (AvgIpc) is 3.15. The van der Waals surface area contributed by atoms with Crippen LogP contribution in [0.3, 0.4) is 0 Å². The zero-order valence-electron chi connectivity index (χ0n) is 28.3. The van der Waals surface area contributed by atoms with Gasteiger partial charge < -0.3 is 10.2 Å². The van der Waals surface area contributed by atoms with Crippen molar-refractivity contribution in [2.45, 2.75) is 27.7 Å². The Labute approximate surface area is 285 Å². The fourth-order valence-electron chi connectivity index (χ4n) is 7.10. The van der Waals surface area contributed by atoms with Crippen LogP contribution in [-0.2, 0) is 0 Å². The molecule has 5 heteroatoms. The second-order valence-electron chi connectivity index (χ2n) is 11.9. The van der Waals surface area contributed by atoms with E-state index in [0.717, 1.165) is 29.0 Å². The number of aliphatic hydroxyl groups excluding tert-OH is 1. The number of fused-ring (bicyclic) bond motifs is 3. The number of hydrogen-bond donors (Lipinski definition) is 2. The molecule has 240 valence electrons. The summed E-state index contributed by atoms with van der Waals surface area (Å²) < 4.78 is 0. The van der Waals surface area contributed by atoms with Crippen molar-refractivity contribution in [2.24, 2.45) is 0 Å². The minimum atomic E-state index is 0.131. The van der Waals surface area contributed by atoms with Crippen LogP contribution in [0.5, 0.6) is 5.75 Å². The molecule has 0 radical (unpaired) electrons. The van der Waals surface area contributed by atoms with Crippen molar-refractivity contribution < 1.29 is 10.2 Å². The summed E-state index contributed by atoms with van der Waals surface area (Å²) in [5.41, 5.74) is 4.87. The quantitative estimate of drug-likeness (QED) is 0.188. The summed E-state index contributed by atoms with van der Waals surface area (Å²) in [6, 6.07) is 41.7. The number of aliphatic hydroxyl groups is 1. The van der Waals surface area contributed by atoms with Crippen molar-refractivity contribution >= 4 is 53.9 Å². The number of rotatable bonds is 3. The van der Waals surface area contributed by atoms with Crippen LogP contribution in [0.15, 0.2) is 121 Å². The Bertz CT molecular complexity index is 2630. The third-order valence-corrected chi connectivity index (χ3v) is 9.23. The van der Waals surface area contributed by atoms with E-state index in [2.05, 4.69) is 111 Å². The lowest BCUT2D eigenvalue weighted by molar-refractivity contribution is 0.399. The van der Waals surface area contributed by atoms with E-state index < -0.39 is 0 Å². The smallest absolute Gasteiger partial charge is 0.167 e. The first-order valence-corrected chi connectivity index (χ1v) is 16.6. The van der Waals surface area contributed by atoms with Crippen LogP contribution in [0.2, 0.25) is 0 Å². The monoisotopic (exact) mass is 639 g/mol. The second kappa shape index (κ2) is 12.9. The zero-order chi connectivity index (χ0) is 34.2. The van der Waals surface area contributed by atoms with Gasteiger partial charge in [-0.3, -0.25) is 0 Å². The summed E-state index contributed by atoms with van der Waals surface area (Å²) in [4.78, 5) is 15.2. The van der Waals surface area contributed by atoms with Crippen LogP contribution in [0, 0.1) is 13.8 Å². The predicted molar refractivity (Wildman–Crippen MR) is 205 cm³/mol. The summed E-state index contributed by atoms with van der Waals surface area (Å²) in [6.07, 6.45) is 0.